The molecule has 0 aromatic heterocycles. The maximum absolute atomic E-state index is 11.3. The van der Waals surface area contributed by atoms with Gasteiger partial charge in [-0.2, -0.15) is 0 Å². The number of aliphatic carboxylic acids is 1. The molecule has 0 radical (unpaired) electrons. The number of carboxylic acid groups (broad SMARTS) is 1. The van der Waals surface area contributed by atoms with E-state index in [9.17, 15) is 9.90 Å². The summed E-state index contributed by atoms with van der Waals surface area (Å²) in [6.45, 7) is 3.86. The summed E-state index contributed by atoms with van der Waals surface area (Å²) < 4.78 is 11.7. The van der Waals surface area contributed by atoms with Crippen molar-refractivity contribution >= 4 is 29.2 Å². The van der Waals surface area contributed by atoms with Crippen molar-refractivity contribution in [1.29, 1.82) is 0 Å². The fraction of sp³-hybridized carbons (Fsp3) is 0.562. The third-order valence-electron chi connectivity index (χ3n) is 4.11. The molecule has 1 heterocycles. The smallest absolute Gasteiger partial charge is 0.323 e. The zero-order valence-corrected chi connectivity index (χ0v) is 14.8. The van der Waals surface area contributed by atoms with Gasteiger partial charge in [0, 0.05) is 6.42 Å². The lowest BCUT2D eigenvalue weighted by molar-refractivity contribution is -0.171. The van der Waals surface area contributed by atoms with Crippen molar-refractivity contribution < 1.29 is 19.4 Å². The van der Waals surface area contributed by atoms with E-state index >= 15 is 0 Å². The van der Waals surface area contributed by atoms with Gasteiger partial charge >= 0.3 is 5.97 Å². The predicted molar refractivity (Wildman–Crippen MR) is 88.9 cm³/mol. The molecule has 0 bridgehead atoms. The first-order valence-corrected chi connectivity index (χ1v) is 8.25. The van der Waals surface area contributed by atoms with Crippen LogP contribution in [0.3, 0.4) is 0 Å². The van der Waals surface area contributed by atoms with Gasteiger partial charge in [0.05, 0.1) is 22.3 Å². The second-order valence-electron chi connectivity index (χ2n) is 5.80. The first kappa shape index (κ1) is 18.5. The molecule has 1 aliphatic rings. The molecule has 1 aliphatic heterocycles. The summed E-state index contributed by atoms with van der Waals surface area (Å²) in [6.07, 6.45) is -0.473. The summed E-state index contributed by atoms with van der Waals surface area (Å²) in [6, 6.07) is 4.58. The molecule has 1 aromatic carbocycles. The fourth-order valence-corrected chi connectivity index (χ4v) is 3.10. The number of halogens is 2. The lowest BCUT2D eigenvalue weighted by atomic mass is 9.97. The number of hydrogen-bond donors (Lipinski definition) is 2. The minimum atomic E-state index is -0.928. The minimum Gasteiger partial charge on any atom is -0.480 e. The molecule has 1 saturated heterocycles. The van der Waals surface area contributed by atoms with Gasteiger partial charge in [0.2, 0.25) is 0 Å². The molecule has 2 unspecified atom stereocenters. The van der Waals surface area contributed by atoms with Crippen LogP contribution in [0.1, 0.15) is 31.9 Å². The Bertz CT molecular complexity index is 569. The number of benzene rings is 1. The van der Waals surface area contributed by atoms with Crippen LogP contribution in [0.5, 0.6) is 0 Å². The van der Waals surface area contributed by atoms with Gasteiger partial charge in [0.15, 0.2) is 6.29 Å². The number of likely N-dealkylation sites (N-methyl/N-ethyl adjacent to an activating group) is 1. The Balaban J connectivity index is 2.01. The minimum absolute atomic E-state index is 0.0783. The van der Waals surface area contributed by atoms with Gasteiger partial charge in [0.1, 0.15) is 6.04 Å². The van der Waals surface area contributed by atoms with Crippen molar-refractivity contribution in [2.45, 2.75) is 44.8 Å². The van der Waals surface area contributed by atoms with E-state index in [2.05, 4.69) is 5.32 Å². The maximum Gasteiger partial charge on any atom is 0.323 e. The van der Waals surface area contributed by atoms with Crippen molar-refractivity contribution in [2.24, 2.45) is 5.92 Å². The zero-order chi connectivity index (χ0) is 17.1. The number of carbonyl (C=O) groups is 1. The Morgan fingerprint density at radius 2 is 2.13 bits per heavy atom. The van der Waals surface area contributed by atoms with Crippen LogP contribution in [0.15, 0.2) is 18.2 Å². The number of hydrogen-bond acceptors (Lipinski definition) is 4. The van der Waals surface area contributed by atoms with Crippen LogP contribution in [0.25, 0.3) is 0 Å². The van der Waals surface area contributed by atoms with E-state index in [1.807, 2.05) is 19.9 Å². The summed E-state index contributed by atoms with van der Waals surface area (Å²) in [4.78, 5) is 11.3. The van der Waals surface area contributed by atoms with Gasteiger partial charge in [-0.15, -0.1) is 0 Å². The molecular formula is C16H21Cl2NO4. The molecular weight excluding hydrogens is 341 g/mol. The van der Waals surface area contributed by atoms with Crippen molar-refractivity contribution in [3.63, 3.8) is 0 Å². The summed E-state index contributed by atoms with van der Waals surface area (Å²) in [5.41, 5.74) is 0.891. The topological polar surface area (TPSA) is 67.8 Å². The summed E-state index contributed by atoms with van der Waals surface area (Å²) in [5, 5.41) is 13.0. The van der Waals surface area contributed by atoms with Gasteiger partial charge in [-0.1, -0.05) is 36.2 Å². The predicted octanol–water partition coefficient (Wildman–Crippen LogP) is 3.49. The molecule has 0 aliphatic carbocycles. The molecule has 0 spiro atoms. The zero-order valence-electron chi connectivity index (χ0n) is 13.3. The highest BCUT2D eigenvalue weighted by molar-refractivity contribution is 6.42. The lowest BCUT2D eigenvalue weighted by Gasteiger charge is -2.23. The lowest BCUT2D eigenvalue weighted by Crippen LogP contribution is -2.46. The highest BCUT2D eigenvalue weighted by Gasteiger charge is 2.41. The Morgan fingerprint density at radius 3 is 2.70 bits per heavy atom. The largest absolute Gasteiger partial charge is 0.480 e. The molecule has 2 N–H and O–H groups in total. The highest BCUT2D eigenvalue weighted by Crippen LogP contribution is 2.33. The van der Waals surface area contributed by atoms with Gasteiger partial charge in [-0.25, -0.2) is 0 Å². The third kappa shape index (κ3) is 4.37. The van der Waals surface area contributed by atoms with Crippen molar-refractivity contribution in [3.8, 4) is 0 Å². The van der Waals surface area contributed by atoms with E-state index in [0.717, 1.165) is 5.56 Å². The molecule has 0 saturated carbocycles. The first-order chi connectivity index (χ1) is 10.8. The molecule has 5 atom stereocenters. The van der Waals surface area contributed by atoms with E-state index in [-0.39, 0.29) is 12.0 Å². The average molecular weight is 362 g/mol. The van der Waals surface area contributed by atoms with Crippen LogP contribution < -0.4 is 5.32 Å². The van der Waals surface area contributed by atoms with Crippen LogP contribution >= 0.6 is 23.2 Å². The molecule has 1 fully saturated rings. The Morgan fingerprint density at radius 1 is 1.43 bits per heavy atom. The number of nitrogens with one attached hydrogen (secondary N) is 1. The monoisotopic (exact) mass is 361 g/mol. The van der Waals surface area contributed by atoms with Gasteiger partial charge < -0.3 is 19.9 Å². The van der Waals surface area contributed by atoms with E-state index < -0.39 is 24.4 Å². The normalized spacial score (nSPS) is 26.9. The Labute approximate surface area is 145 Å². The second-order valence-corrected chi connectivity index (χ2v) is 6.61. The van der Waals surface area contributed by atoms with Crippen molar-refractivity contribution in [3.05, 3.63) is 33.8 Å². The SMILES string of the molecule is CNC(C(=O)O)[C@@H]1OC(O[C@@H](C)c2ccc(Cl)c(Cl)c2)C[C@H]1C. The van der Waals surface area contributed by atoms with Crippen molar-refractivity contribution in [1.82, 2.24) is 5.32 Å². The molecule has 2 rings (SSSR count). The van der Waals surface area contributed by atoms with E-state index in [1.54, 1.807) is 19.2 Å². The number of rotatable bonds is 6. The second kappa shape index (κ2) is 7.81. The van der Waals surface area contributed by atoms with E-state index in [0.29, 0.717) is 16.5 Å². The van der Waals surface area contributed by atoms with Crippen LogP contribution in [0, 0.1) is 5.92 Å². The van der Waals surface area contributed by atoms with Crippen LogP contribution in [-0.4, -0.2) is 36.6 Å². The first-order valence-electron chi connectivity index (χ1n) is 7.49. The molecule has 1 aromatic rings. The summed E-state index contributed by atoms with van der Waals surface area (Å²) >= 11 is 11.9. The highest BCUT2D eigenvalue weighted by atomic mass is 35.5. The number of carboxylic acids is 1. The van der Waals surface area contributed by atoms with Crippen LogP contribution in [-0.2, 0) is 14.3 Å². The van der Waals surface area contributed by atoms with E-state index in [4.69, 9.17) is 32.7 Å². The van der Waals surface area contributed by atoms with Gasteiger partial charge in [-0.3, -0.25) is 4.79 Å². The van der Waals surface area contributed by atoms with Crippen molar-refractivity contribution in [2.75, 3.05) is 7.05 Å². The van der Waals surface area contributed by atoms with Crippen LogP contribution in [0.2, 0.25) is 10.0 Å². The molecule has 23 heavy (non-hydrogen) atoms. The maximum atomic E-state index is 11.3. The molecule has 128 valence electrons. The Kier molecular flexibility index (Phi) is 6.28. The average Bonchev–Trinajstić information content (AvgIpc) is 2.83. The van der Waals surface area contributed by atoms with Gasteiger partial charge in [0.25, 0.3) is 0 Å². The molecule has 5 nitrogen and oxygen atoms in total. The summed E-state index contributed by atoms with van der Waals surface area (Å²) in [7, 11) is 1.61. The summed E-state index contributed by atoms with van der Waals surface area (Å²) in [5.74, 6) is -0.850. The van der Waals surface area contributed by atoms with Gasteiger partial charge in [-0.05, 0) is 37.6 Å². The van der Waals surface area contributed by atoms with E-state index in [1.165, 1.54) is 0 Å². The standard InChI is InChI=1S/C16H21Cl2NO4/c1-8-6-13(23-15(8)14(19-3)16(20)21)22-9(2)10-4-5-11(17)12(18)7-10/h4-5,7-9,13-15,19H,6H2,1-3H3,(H,20,21)/t8-,9+,13?,14?,15-/m1/s1. The number of ether oxygens (including phenoxy) is 2. The molecule has 7 heteroatoms. The Hall–Kier alpha value is -0.850. The quantitative estimate of drug-likeness (QED) is 0.811. The molecule has 0 amide bonds. The third-order valence-corrected chi connectivity index (χ3v) is 4.85. The fourth-order valence-electron chi connectivity index (χ4n) is 2.80. The van der Waals surface area contributed by atoms with Crippen LogP contribution in [0.4, 0.5) is 0 Å².